The Balaban J connectivity index is 2.34. The van der Waals surface area contributed by atoms with Crippen molar-refractivity contribution in [2.24, 2.45) is 0 Å². The number of hydrogen-bond donors (Lipinski definition) is 1. The number of piperazine rings is 1. The van der Waals surface area contributed by atoms with E-state index in [2.05, 4.69) is 24.1 Å². The molecular formula is C12H26N2OS. The monoisotopic (exact) mass is 246 g/mol. The van der Waals surface area contributed by atoms with Gasteiger partial charge >= 0.3 is 0 Å². The summed E-state index contributed by atoms with van der Waals surface area (Å²) in [7, 11) is -0.621. The Morgan fingerprint density at radius 1 is 1.44 bits per heavy atom. The van der Waals surface area contributed by atoms with Gasteiger partial charge in [0, 0.05) is 54.0 Å². The van der Waals surface area contributed by atoms with Crippen molar-refractivity contribution in [1.82, 2.24) is 10.2 Å². The minimum absolute atomic E-state index is 0.585. The highest BCUT2D eigenvalue weighted by atomic mass is 32.2. The third-order valence-corrected chi connectivity index (χ3v) is 4.63. The smallest absolute Gasteiger partial charge is 0.0362 e. The van der Waals surface area contributed by atoms with Gasteiger partial charge in [0.1, 0.15) is 0 Å². The molecule has 3 unspecified atom stereocenters. The van der Waals surface area contributed by atoms with Gasteiger partial charge in [-0.05, 0) is 13.3 Å². The summed E-state index contributed by atoms with van der Waals surface area (Å²) in [5, 5.41) is 3.58. The van der Waals surface area contributed by atoms with E-state index in [1.54, 1.807) is 0 Å². The van der Waals surface area contributed by atoms with Gasteiger partial charge in [-0.15, -0.1) is 0 Å². The Bertz CT molecular complexity index is 223. The molecular weight excluding hydrogens is 220 g/mol. The van der Waals surface area contributed by atoms with Gasteiger partial charge in [0.2, 0.25) is 0 Å². The molecule has 0 spiro atoms. The molecule has 0 aliphatic carbocycles. The van der Waals surface area contributed by atoms with Crippen LogP contribution >= 0.6 is 0 Å². The second-order valence-corrected chi connectivity index (χ2v) is 6.54. The van der Waals surface area contributed by atoms with Gasteiger partial charge in [-0.1, -0.05) is 20.3 Å². The summed E-state index contributed by atoms with van der Waals surface area (Å²) >= 11 is 0. The summed E-state index contributed by atoms with van der Waals surface area (Å²) in [5.41, 5.74) is 0. The Morgan fingerprint density at radius 3 is 2.81 bits per heavy atom. The molecule has 0 saturated carbocycles. The van der Waals surface area contributed by atoms with Crippen LogP contribution in [0.2, 0.25) is 0 Å². The summed E-state index contributed by atoms with van der Waals surface area (Å²) in [6.07, 6.45) is 2.49. The van der Waals surface area contributed by atoms with E-state index in [4.69, 9.17) is 0 Å². The standard InChI is InChI=1S/C12H26N2OS/c1-4-6-12-10-14(11(3)9-13-12)7-8-16(15)5-2/h11-13H,4-10H2,1-3H3. The molecule has 16 heavy (non-hydrogen) atoms. The first-order valence-electron chi connectivity index (χ1n) is 6.49. The Hall–Kier alpha value is 0.0700. The van der Waals surface area contributed by atoms with Crippen LogP contribution in [0.4, 0.5) is 0 Å². The summed E-state index contributed by atoms with van der Waals surface area (Å²) in [4.78, 5) is 2.49. The van der Waals surface area contributed by atoms with Gasteiger partial charge in [0.05, 0.1) is 0 Å². The molecule has 1 N–H and O–H groups in total. The van der Waals surface area contributed by atoms with Crippen molar-refractivity contribution >= 4 is 10.8 Å². The molecule has 3 atom stereocenters. The molecule has 0 amide bonds. The average molecular weight is 246 g/mol. The fourth-order valence-electron chi connectivity index (χ4n) is 2.21. The first-order valence-corrected chi connectivity index (χ1v) is 7.98. The van der Waals surface area contributed by atoms with Crippen molar-refractivity contribution in [2.75, 3.05) is 31.1 Å². The first-order chi connectivity index (χ1) is 7.67. The van der Waals surface area contributed by atoms with Gasteiger partial charge < -0.3 is 5.32 Å². The van der Waals surface area contributed by atoms with Crippen LogP contribution in [0, 0.1) is 0 Å². The molecule has 3 nitrogen and oxygen atoms in total. The summed E-state index contributed by atoms with van der Waals surface area (Å²) < 4.78 is 11.4. The van der Waals surface area contributed by atoms with Crippen LogP contribution in [0.5, 0.6) is 0 Å². The lowest BCUT2D eigenvalue weighted by Crippen LogP contribution is -2.56. The van der Waals surface area contributed by atoms with Gasteiger partial charge in [-0.2, -0.15) is 0 Å². The molecule has 1 aliphatic rings. The molecule has 96 valence electrons. The second-order valence-electron chi connectivity index (χ2n) is 4.67. The largest absolute Gasteiger partial charge is 0.311 e. The number of hydrogen-bond acceptors (Lipinski definition) is 3. The molecule has 1 rings (SSSR count). The van der Waals surface area contributed by atoms with E-state index < -0.39 is 10.8 Å². The molecule has 1 heterocycles. The van der Waals surface area contributed by atoms with E-state index >= 15 is 0 Å². The Kier molecular flexibility index (Phi) is 6.54. The Morgan fingerprint density at radius 2 is 2.19 bits per heavy atom. The highest BCUT2D eigenvalue weighted by Crippen LogP contribution is 2.10. The maximum atomic E-state index is 11.4. The second kappa shape index (κ2) is 7.41. The van der Waals surface area contributed by atoms with Crippen LogP contribution in [0.25, 0.3) is 0 Å². The first kappa shape index (κ1) is 14.1. The van der Waals surface area contributed by atoms with E-state index in [-0.39, 0.29) is 0 Å². The van der Waals surface area contributed by atoms with Crippen molar-refractivity contribution in [2.45, 2.75) is 45.7 Å². The van der Waals surface area contributed by atoms with E-state index in [9.17, 15) is 4.21 Å². The molecule has 0 aromatic rings. The predicted octanol–water partition coefficient (Wildman–Crippen LogP) is 1.22. The van der Waals surface area contributed by atoms with Crippen LogP contribution in [-0.2, 0) is 10.8 Å². The normalized spacial score (nSPS) is 29.2. The zero-order valence-electron chi connectivity index (χ0n) is 10.9. The van der Waals surface area contributed by atoms with E-state index in [0.717, 1.165) is 31.1 Å². The van der Waals surface area contributed by atoms with E-state index in [1.807, 2.05) is 6.92 Å². The van der Waals surface area contributed by atoms with Gasteiger partial charge in [0.15, 0.2) is 0 Å². The molecule has 1 aliphatic heterocycles. The molecule has 0 radical (unpaired) electrons. The molecule has 1 fully saturated rings. The summed E-state index contributed by atoms with van der Waals surface area (Å²) in [6.45, 7) is 9.67. The molecule has 0 aromatic carbocycles. The van der Waals surface area contributed by atoms with Crippen LogP contribution < -0.4 is 5.32 Å². The quantitative estimate of drug-likeness (QED) is 0.765. The van der Waals surface area contributed by atoms with Gasteiger partial charge in [0.25, 0.3) is 0 Å². The number of nitrogens with one attached hydrogen (secondary N) is 1. The van der Waals surface area contributed by atoms with E-state index in [1.165, 1.54) is 12.8 Å². The Labute approximate surface area is 102 Å². The maximum absolute atomic E-state index is 11.4. The third kappa shape index (κ3) is 4.52. The summed E-state index contributed by atoms with van der Waals surface area (Å²) in [5.74, 6) is 1.62. The SMILES string of the molecule is CCCC1CN(CCS(=O)CC)C(C)CN1. The van der Waals surface area contributed by atoms with E-state index in [0.29, 0.717) is 12.1 Å². The van der Waals surface area contributed by atoms with Crippen LogP contribution in [0.15, 0.2) is 0 Å². The van der Waals surface area contributed by atoms with Gasteiger partial charge in [-0.3, -0.25) is 9.11 Å². The highest BCUT2D eigenvalue weighted by molar-refractivity contribution is 7.84. The molecule has 0 bridgehead atoms. The highest BCUT2D eigenvalue weighted by Gasteiger charge is 2.23. The minimum atomic E-state index is -0.621. The zero-order chi connectivity index (χ0) is 12.0. The van der Waals surface area contributed by atoms with Gasteiger partial charge in [-0.25, -0.2) is 0 Å². The lowest BCUT2D eigenvalue weighted by molar-refractivity contribution is 0.145. The van der Waals surface area contributed by atoms with Crippen molar-refractivity contribution in [3.63, 3.8) is 0 Å². The lowest BCUT2D eigenvalue weighted by atomic mass is 10.1. The van der Waals surface area contributed by atoms with Crippen LogP contribution in [0.3, 0.4) is 0 Å². The topological polar surface area (TPSA) is 32.3 Å². The fourth-order valence-corrected chi connectivity index (χ4v) is 2.94. The number of rotatable bonds is 6. The number of nitrogens with zero attached hydrogens (tertiary/aromatic N) is 1. The molecule has 4 heteroatoms. The third-order valence-electron chi connectivity index (χ3n) is 3.35. The molecule has 1 saturated heterocycles. The average Bonchev–Trinajstić information content (AvgIpc) is 2.29. The van der Waals surface area contributed by atoms with Crippen LogP contribution in [0.1, 0.15) is 33.6 Å². The lowest BCUT2D eigenvalue weighted by Gasteiger charge is -2.38. The zero-order valence-corrected chi connectivity index (χ0v) is 11.7. The van der Waals surface area contributed by atoms with Crippen molar-refractivity contribution in [1.29, 1.82) is 0 Å². The van der Waals surface area contributed by atoms with Crippen LogP contribution in [-0.4, -0.2) is 52.3 Å². The predicted molar refractivity (Wildman–Crippen MR) is 71.3 cm³/mol. The van der Waals surface area contributed by atoms with Crippen molar-refractivity contribution in [3.05, 3.63) is 0 Å². The summed E-state index contributed by atoms with van der Waals surface area (Å²) in [6, 6.07) is 1.22. The minimum Gasteiger partial charge on any atom is -0.311 e. The van der Waals surface area contributed by atoms with Crippen molar-refractivity contribution in [3.8, 4) is 0 Å². The maximum Gasteiger partial charge on any atom is 0.0362 e. The van der Waals surface area contributed by atoms with Crippen molar-refractivity contribution < 1.29 is 4.21 Å². The molecule has 0 aromatic heterocycles. The fraction of sp³-hybridized carbons (Fsp3) is 1.00.